The summed E-state index contributed by atoms with van der Waals surface area (Å²) in [5.41, 5.74) is 0.754. The molecule has 1 N–H and O–H groups in total. The number of nitrogens with zero attached hydrogens (tertiary/aromatic N) is 4. The van der Waals surface area contributed by atoms with Gasteiger partial charge in [0.25, 0.3) is 0 Å². The van der Waals surface area contributed by atoms with E-state index >= 15 is 0 Å². The van der Waals surface area contributed by atoms with Gasteiger partial charge in [0.1, 0.15) is 12.0 Å². The molecular formula is C15H26IN5O3S. The molecule has 1 saturated heterocycles. The third kappa shape index (κ3) is 4.85. The average Bonchev–Trinajstić information content (AvgIpc) is 2.90. The number of aromatic nitrogens is 1. The van der Waals surface area contributed by atoms with Crippen molar-refractivity contribution in [2.75, 3.05) is 33.2 Å². The fourth-order valence-electron chi connectivity index (χ4n) is 2.93. The van der Waals surface area contributed by atoms with Crippen LogP contribution in [0.4, 0.5) is 0 Å². The Balaban J connectivity index is 0.00000225. The van der Waals surface area contributed by atoms with Crippen molar-refractivity contribution >= 4 is 40.0 Å². The van der Waals surface area contributed by atoms with Gasteiger partial charge in [0.05, 0.1) is 5.69 Å². The molecule has 1 aliphatic carbocycles. The molecule has 1 atom stereocenters. The number of hydrogen-bond donors (Lipinski definition) is 1. The highest BCUT2D eigenvalue weighted by molar-refractivity contribution is 14.0. The molecule has 0 bridgehead atoms. The van der Waals surface area contributed by atoms with E-state index in [-0.39, 0.29) is 29.7 Å². The SMILES string of the molecule is CN=C(NC1CC1(C)C)N1CCN(S(=O)(=O)Cc2ccon2)CC1.I. The maximum Gasteiger partial charge on any atom is 0.220 e. The predicted molar refractivity (Wildman–Crippen MR) is 106 cm³/mol. The predicted octanol–water partition coefficient (Wildman–Crippen LogP) is 1.11. The fraction of sp³-hybridized carbons (Fsp3) is 0.733. The highest BCUT2D eigenvalue weighted by atomic mass is 127. The Morgan fingerprint density at radius 2 is 2.04 bits per heavy atom. The molecule has 0 amide bonds. The lowest BCUT2D eigenvalue weighted by Crippen LogP contribution is -2.54. The molecule has 25 heavy (non-hydrogen) atoms. The molecule has 1 aromatic heterocycles. The number of aliphatic imine (C=N–C) groups is 1. The molecule has 142 valence electrons. The first kappa shape index (κ1) is 20.4. The van der Waals surface area contributed by atoms with Gasteiger partial charge in [-0.3, -0.25) is 4.99 Å². The molecular weight excluding hydrogens is 457 g/mol. The minimum atomic E-state index is -3.37. The zero-order valence-electron chi connectivity index (χ0n) is 14.8. The van der Waals surface area contributed by atoms with E-state index < -0.39 is 10.0 Å². The van der Waals surface area contributed by atoms with E-state index in [9.17, 15) is 8.42 Å². The normalized spacial score (nSPS) is 23.9. The van der Waals surface area contributed by atoms with Crippen molar-refractivity contribution < 1.29 is 12.9 Å². The molecule has 8 nitrogen and oxygen atoms in total. The Kier molecular flexibility index (Phi) is 6.36. The molecule has 1 unspecified atom stereocenters. The molecule has 0 radical (unpaired) electrons. The Morgan fingerprint density at radius 3 is 2.52 bits per heavy atom. The van der Waals surface area contributed by atoms with E-state index in [1.807, 2.05) is 0 Å². The van der Waals surface area contributed by atoms with E-state index in [2.05, 4.69) is 34.2 Å². The summed E-state index contributed by atoms with van der Waals surface area (Å²) >= 11 is 0. The minimum Gasteiger partial charge on any atom is -0.364 e. The summed E-state index contributed by atoms with van der Waals surface area (Å²) in [5, 5.41) is 7.16. The summed E-state index contributed by atoms with van der Waals surface area (Å²) in [7, 11) is -1.60. The largest absolute Gasteiger partial charge is 0.364 e. The molecule has 0 spiro atoms. The molecule has 3 rings (SSSR count). The van der Waals surface area contributed by atoms with Crippen LogP contribution in [0.5, 0.6) is 0 Å². The third-order valence-corrected chi connectivity index (χ3v) is 6.59. The number of guanidine groups is 1. The smallest absolute Gasteiger partial charge is 0.220 e. The topological polar surface area (TPSA) is 91.0 Å². The molecule has 0 aromatic carbocycles. The van der Waals surface area contributed by atoms with E-state index in [4.69, 9.17) is 4.52 Å². The van der Waals surface area contributed by atoms with Gasteiger partial charge in [-0.1, -0.05) is 19.0 Å². The van der Waals surface area contributed by atoms with E-state index in [0.717, 1.165) is 12.4 Å². The van der Waals surface area contributed by atoms with Gasteiger partial charge in [0.15, 0.2) is 5.96 Å². The number of hydrogen-bond acceptors (Lipinski definition) is 5. The molecule has 1 aliphatic heterocycles. The van der Waals surface area contributed by atoms with Crippen LogP contribution in [0.3, 0.4) is 0 Å². The van der Waals surface area contributed by atoms with Crippen LogP contribution < -0.4 is 5.32 Å². The lowest BCUT2D eigenvalue weighted by Gasteiger charge is -2.36. The average molecular weight is 483 g/mol. The van der Waals surface area contributed by atoms with Crippen LogP contribution in [0.15, 0.2) is 21.8 Å². The van der Waals surface area contributed by atoms with Gasteiger partial charge in [0, 0.05) is 45.3 Å². The summed E-state index contributed by atoms with van der Waals surface area (Å²) in [6.45, 7) is 6.62. The first-order valence-corrected chi connectivity index (χ1v) is 9.78. The van der Waals surface area contributed by atoms with Gasteiger partial charge in [-0.15, -0.1) is 24.0 Å². The lowest BCUT2D eigenvalue weighted by molar-refractivity contribution is 0.259. The van der Waals surface area contributed by atoms with Gasteiger partial charge in [-0.2, -0.15) is 4.31 Å². The standard InChI is InChI=1S/C15H25N5O3S.HI/c1-15(2)10-13(15)17-14(16-3)19-5-7-20(8-6-19)24(21,22)11-12-4-9-23-18-12;/h4,9,13H,5-8,10-11H2,1-3H3,(H,16,17);1H. The Morgan fingerprint density at radius 1 is 1.40 bits per heavy atom. The van der Waals surface area contributed by atoms with Gasteiger partial charge in [0.2, 0.25) is 10.0 Å². The number of rotatable bonds is 4. The second-order valence-electron chi connectivity index (χ2n) is 7.07. The maximum absolute atomic E-state index is 12.5. The van der Waals surface area contributed by atoms with Crippen LogP contribution in [-0.4, -0.2) is 68.0 Å². The number of piperazine rings is 1. The van der Waals surface area contributed by atoms with Crippen molar-refractivity contribution in [2.24, 2.45) is 10.4 Å². The zero-order chi connectivity index (χ0) is 17.4. The van der Waals surface area contributed by atoms with Crippen LogP contribution in [0.1, 0.15) is 26.0 Å². The van der Waals surface area contributed by atoms with Crippen LogP contribution in [0.2, 0.25) is 0 Å². The summed E-state index contributed by atoms with van der Waals surface area (Å²) in [6.07, 6.45) is 2.52. The molecule has 2 fully saturated rings. The summed E-state index contributed by atoms with van der Waals surface area (Å²) < 4.78 is 31.1. The second-order valence-corrected chi connectivity index (χ2v) is 9.04. The molecule has 1 saturated carbocycles. The summed E-state index contributed by atoms with van der Waals surface area (Å²) in [6, 6.07) is 2.03. The van der Waals surface area contributed by atoms with E-state index in [1.54, 1.807) is 13.1 Å². The van der Waals surface area contributed by atoms with Crippen molar-refractivity contribution in [3.05, 3.63) is 18.0 Å². The van der Waals surface area contributed by atoms with Crippen LogP contribution in [-0.2, 0) is 15.8 Å². The number of nitrogens with one attached hydrogen (secondary N) is 1. The Hall–Kier alpha value is -0.880. The summed E-state index contributed by atoms with van der Waals surface area (Å²) in [4.78, 5) is 6.47. The number of halogens is 1. The highest BCUT2D eigenvalue weighted by Crippen LogP contribution is 2.44. The van der Waals surface area contributed by atoms with E-state index in [1.165, 1.54) is 10.6 Å². The Labute approximate surface area is 166 Å². The zero-order valence-corrected chi connectivity index (χ0v) is 18.0. The van der Waals surface area contributed by atoms with Crippen LogP contribution in [0.25, 0.3) is 0 Å². The first-order valence-electron chi connectivity index (χ1n) is 8.17. The molecule has 2 aliphatic rings. The van der Waals surface area contributed by atoms with Crippen molar-refractivity contribution in [2.45, 2.75) is 32.1 Å². The summed E-state index contributed by atoms with van der Waals surface area (Å²) in [5.74, 6) is 0.742. The van der Waals surface area contributed by atoms with Crippen molar-refractivity contribution in [1.29, 1.82) is 0 Å². The second kappa shape index (κ2) is 7.78. The Bertz CT molecular complexity index is 697. The van der Waals surface area contributed by atoms with Gasteiger partial charge in [-0.05, 0) is 11.8 Å². The lowest BCUT2D eigenvalue weighted by atomic mass is 10.2. The quantitative estimate of drug-likeness (QED) is 0.392. The van der Waals surface area contributed by atoms with Gasteiger partial charge >= 0.3 is 0 Å². The van der Waals surface area contributed by atoms with Crippen LogP contribution in [0, 0.1) is 5.41 Å². The van der Waals surface area contributed by atoms with Crippen LogP contribution >= 0.6 is 24.0 Å². The number of sulfonamides is 1. The van der Waals surface area contributed by atoms with Gasteiger partial charge in [-0.25, -0.2) is 8.42 Å². The first-order chi connectivity index (χ1) is 11.3. The third-order valence-electron chi connectivity index (χ3n) is 4.78. The minimum absolute atomic E-state index is 0. The van der Waals surface area contributed by atoms with Crippen molar-refractivity contribution in [3.63, 3.8) is 0 Å². The fourth-order valence-corrected chi connectivity index (χ4v) is 4.36. The molecule has 1 aromatic rings. The maximum atomic E-state index is 12.5. The van der Waals surface area contributed by atoms with Gasteiger partial charge < -0.3 is 14.7 Å². The van der Waals surface area contributed by atoms with E-state index in [0.29, 0.717) is 43.3 Å². The van der Waals surface area contributed by atoms with Crippen molar-refractivity contribution in [1.82, 2.24) is 19.7 Å². The molecule has 2 heterocycles. The monoisotopic (exact) mass is 483 g/mol. The van der Waals surface area contributed by atoms with Crippen molar-refractivity contribution in [3.8, 4) is 0 Å². The highest BCUT2D eigenvalue weighted by Gasteiger charge is 2.46. The molecule has 10 heteroatoms.